The standard InChI is InChI=1S/C13H15Cl3O/c1-13(7-14,8-15)6-10-5-11(16)4-9-2-3-17-12(9)10/h4-5H,2-3,6-8H2,1H3. The van der Waals surface area contributed by atoms with E-state index in [2.05, 4.69) is 6.92 Å². The molecule has 1 aliphatic rings. The predicted octanol–water partition coefficient (Wildman–Crippen LogP) is 4.30. The van der Waals surface area contributed by atoms with Crippen molar-refractivity contribution in [2.24, 2.45) is 5.41 Å². The van der Waals surface area contributed by atoms with Crippen molar-refractivity contribution in [3.63, 3.8) is 0 Å². The molecule has 4 heteroatoms. The van der Waals surface area contributed by atoms with Crippen LogP contribution in [0.3, 0.4) is 0 Å². The van der Waals surface area contributed by atoms with Crippen LogP contribution in [-0.4, -0.2) is 18.4 Å². The first-order valence-corrected chi connectivity index (χ1v) is 7.09. The topological polar surface area (TPSA) is 9.23 Å². The minimum Gasteiger partial charge on any atom is -0.493 e. The van der Waals surface area contributed by atoms with Gasteiger partial charge in [-0.3, -0.25) is 0 Å². The zero-order valence-corrected chi connectivity index (χ0v) is 12.0. The van der Waals surface area contributed by atoms with Crippen molar-refractivity contribution in [3.8, 4) is 5.75 Å². The lowest BCUT2D eigenvalue weighted by Gasteiger charge is -2.25. The predicted molar refractivity (Wildman–Crippen MR) is 73.9 cm³/mol. The molecule has 0 N–H and O–H groups in total. The van der Waals surface area contributed by atoms with Gasteiger partial charge in [0.05, 0.1) is 6.61 Å². The summed E-state index contributed by atoms with van der Waals surface area (Å²) >= 11 is 18.1. The summed E-state index contributed by atoms with van der Waals surface area (Å²) < 4.78 is 5.67. The van der Waals surface area contributed by atoms with Gasteiger partial charge in [0.25, 0.3) is 0 Å². The molecule has 1 aromatic carbocycles. The van der Waals surface area contributed by atoms with Crippen LogP contribution in [0.5, 0.6) is 5.75 Å². The Balaban J connectivity index is 2.33. The Kier molecular flexibility index (Phi) is 4.12. The average Bonchev–Trinajstić information content (AvgIpc) is 2.77. The molecule has 0 bridgehead atoms. The smallest absolute Gasteiger partial charge is 0.125 e. The van der Waals surface area contributed by atoms with Gasteiger partial charge in [0, 0.05) is 23.2 Å². The fourth-order valence-corrected chi connectivity index (χ4v) is 2.81. The van der Waals surface area contributed by atoms with Crippen molar-refractivity contribution in [3.05, 3.63) is 28.3 Å². The van der Waals surface area contributed by atoms with E-state index in [1.807, 2.05) is 12.1 Å². The molecule has 0 radical (unpaired) electrons. The molecule has 0 aromatic heterocycles. The zero-order valence-electron chi connectivity index (χ0n) is 9.73. The van der Waals surface area contributed by atoms with E-state index in [1.54, 1.807) is 0 Å². The first-order chi connectivity index (χ1) is 8.08. The zero-order chi connectivity index (χ0) is 12.5. The van der Waals surface area contributed by atoms with Gasteiger partial charge in [-0.1, -0.05) is 18.5 Å². The summed E-state index contributed by atoms with van der Waals surface area (Å²) in [5, 5.41) is 0.760. The third-order valence-corrected chi connectivity index (χ3v) is 4.60. The fourth-order valence-electron chi connectivity index (χ4n) is 2.07. The van der Waals surface area contributed by atoms with E-state index >= 15 is 0 Å². The normalized spacial score (nSPS) is 14.6. The van der Waals surface area contributed by atoms with Crippen LogP contribution < -0.4 is 4.74 Å². The molecule has 17 heavy (non-hydrogen) atoms. The molecule has 0 fully saturated rings. The van der Waals surface area contributed by atoms with Crippen molar-refractivity contribution in [2.75, 3.05) is 18.4 Å². The maximum absolute atomic E-state index is 6.12. The molecule has 0 amide bonds. The monoisotopic (exact) mass is 292 g/mol. The van der Waals surface area contributed by atoms with Gasteiger partial charge in [-0.15, -0.1) is 23.2 Å². The molecule has 0 aliphatic carbocycles. The van der Waals surface area contributed by atoms with Crippen LogP contribution in [0.4, 0.5) is 0 Å². The number of ether oxygens (including phenoxy) is 1. The molecule has 94 valence electrons. The van der Waals surface area contributed by atoms with E-state index in [0.29, 0.717) is 11.8 Å². The van der Waals surface area contributed by atoms with Crippen LogP contribution in [0.15, 0.2) is 12.1 Å². The molecular weight excluding hydrogens is 279 g/mol. The molecule has 1 nitrogen and oxygen atoms in total. The van der Waals surface area contributed by atoms with Crippen LogP contribution in [-0.2, 0) is 12.8 Å². The van der Waals surface area contributed by atoms with Crippen LogP contribution >= 0.6 is 34.8 Å². The Bertz CT molecular complexity index is 413. The highest BCUT2D eigenvalue weighted by Crippen LogP contribution is 2.37. The van der Waals surface area contributed by atoms with Crippen LogP contribution in [0, 0.1) is 5.41 Å². The van der Waals surface area contributed by atoms with Gasteiger partial charge in [-0.05, 0) is 35.1 Å². The highest BCUT2D eigenvalue weighted by Gasteiger charge is 2.27. The number of hydrogen-bond acceptors (Lipinski definition) is 1. The second-order valence-electron chi connectivity index (χ2n) is 4.91. The summed E-state index contributed by atoms with van der Waals surface area (Å²) in [7, 11) is 0. The Morgan fingerprint density at radius 3 is 2.65 bits per heavy atom. The minimum absolute atomic E-state index is 0.118. The summed E-state index contributed by atoms with van der Waals surface area (Å²) in [5.41, 5.74) is 2.20. The summed E-state index contributed by atoms with van der Waals surface area (Å²) in [6.45, 7) is 2.82. The number of fused-ring (bicyclic) bond motifs is 1. The largest absolute Gasteiger partial charge is 0.493 e. The van der Waals surface area contributed by atoms with Crippen molar-refractivity contribution in [1.82, 2.24) is 0 Å². The van der Waals surface area contributed by atoms with Gasteiger partial charge in [0.1, 0.15) is 5.75 Å². The second-order valence-corrected chi connectivity index (χ2v) is 5.88. The Hall–Kier alpha value is -0.110. The Morgan fingerprint density at radius 1 is 1.29 bits per heavy atom. The van der Waals surface area contributed by atoms with E-state index in [4.69, 9.17) is 39.5 Å². The van der Waals surface area contributed by atoms with E-state index in [1.165, 1.54) is 5.56 Å². The first kappa shape index (κ1) is 13.3. The first-order valence-electron chi connectivity index (χ1n) is 5.64. The summed E-state index contributed by atoms with van der Waals surface area (Å²) in [4.78, 5) is 0. The minimum atomic E-state index is -0.118. The van der Waals surface area contributed by atoms with Crippen LogP contribution in [0.1, 0.15) is 18.1 Å². The molecule has 0 saturated carbocycles. The lowest BCUT2D eigenvalue weighted by molar-refractivity contribution is 0.345. The average molecular weight is 294 g/mol. The molecule has 2 rings (SSSR count). The number of alkyl halides is 2. The van der Waals surface area contributed by atoms with Crippen molar-refractivity contribution in [2.45, 2.75) is 19.8 Å². The summed E-state index contributed by atoms with van der Waals surface area (Å²) in [5.74, 6) is 2.03. The van der Waals surface area contributed by atoms with E-state index < -0.39 is 0 Å². The molecule has 0 spiro atoms. The second kappa shape index (κ2) is 5.26. The van der Waals surface area contributed by atoms with Crippen LogP contribution in [0.2, 0.25) is 5.02 Å². The van der Waals surface area contributed by atoms with Gasteiger partial charge < -0.3 is 4.74 Å². The molecule has 0 saturated heterocycles. The van der Waals surface area contributed by atoms with E-state index in [9.17, 15) is 0 Å². The number of rotatable bonds is 4. The molecule has 1 aliphatic heterocycles. The molecule has 1 aromatic rings. The summed E-state index contributed by atoms with van der Waals surface area (Å²) in [6, 6.07) is 3.94. The quantitative estimate of drug-likeness (QED) is 0.752. The molecule has 0 atom stereocenters. The molecule has 0 unspecified atom stereocenters. The van der Waals surface area contributed by atoms with Crippen LogP contribution in [0.25, 0.3) is 0 Å². The third-order valence-electron chi connectivity index (χ3n) is 3.09. The highest BCUT2D eigenvalue weighted by molar-refractivity contribution is 6.30. The van der Waals surface area contributed by atoms with Gasteiger partial charge in [-0.2, -0.15) is 0 Å². The third kappa shape index (κ3) is 2.83. The highest BCUT2D eigenvalue weighted by atomic mass is 35.5. The lowest BCUT2D eigenvalue weighted by Crippen LogP contribution is -2.24. The van der Waals surface area contributed by atoms with Crippen molar-refractivity contribution >= 4 is 34.8 Å². The summed E-state index contributed by atoms with van der Waals surface area (Å²) in [6.07, 6.45) is 1.73. The Labute approximate surface area is 117 Å². The lowest BCUT2D eigenvalue weighted by atomic mass is 9.86. The maximum Gasteiger partial charge on any atom is 0.125 e. The number of benzene rings is 1. The van der Waals surface area contributed by atoms with Crippen molar-refractivity contribution < 1.29 is 4.74 Å². The molecular formula is C13H15Cl3O. The van der Waals surface area contributed by atoms with Gasteiger partial charge in [0.2, 0.25) is 0 Å². The van der Waals surface area contributed by atoms with Gasteiger partial charge in [-0.25, -0.2) is 0 Å². The van der Waals surface area contributed by atoms with Gasteiger partial charge in [0.15, 0.2) is 0 Å². The van der Waals surface area contributed by atoms with E-state index in [0.717, 1.165) is 35.8 Å². The SMILES string of the molecule is CC(CCl)(CCl)Cc1cc(Cl)cc2c1OCC2. The number of hydrogen-bond donors (Lipinski definition) is 0. The van der Waals surface area contributed by atoms with Crippen molar-refractivity contribution in [1.29, 1.82) is 0 Å². The van der Waals surface area contributed by atoms with Gasteiger partial charge >= 0.3 is 0 Å². The maximum atomic E-state index is 6.12. The number of halogens is 3. The molecule has 1 heterocycles. The Morgan fingerprint density at radius 2 is 2.00 bits per heavy atom. The van der Waals surface area contributed by atoms with E-state index in [-0.39, 0.29) is 5.41 Å². The fraction of sp³-hybridized carbons (Fsp3) is 0.538.